The maximum absolute atomic E-state index is 14.9. The zero-order chi connectivity index (χ0) is 24.1. The highest BCUT2D eigenvalue weighted by atomic mass is 32.1. The molecular weight excluding hydrogens is 464 g/mol. The lowest BCUT2D eigenvalue weighted by atomic mass is 10.0. The van der Waals surface area contributed by atoms with Crippen LogP contribution in [0.15, 0.2) is 61.1 Å². The van der Waals surface area contributed by atoms with Crippen LogP contribution in [0.2, 0.25) is 0 Å². The minimum atomic E-state index is -0.739. The molecule has 0 aliphatic rings. The first-order valence-corrected chi connectivity index (χ1v) is 11.1. The number of aromatic nitrogens is 4. The number of thiazole rings is 1. The van der Waals surface area contributed by atoms with Crippen LogP contribution in [0.3, 0.4) is 0 Å². The largest absolute Gasteiger partial charge is 0.394 e. The van der Waals surface area contributed by atoms with E-state index in [1.165, 1.54) is 66.0 Å². The van der Waals surface area contributed by atoms with Gasteiger partial charge in [-0.3, -0.25) is 4.79 Å². The number of nitrogens with one attached hydrogen (secondary N) is 1. The number of rotatable bonds is 9. The smallest absolute Gasteiger partial charge is 0.252 e. The molecule has 4 aromatic rings. The predicted octanol–water partition coefficient (Wildman–Crippen LogP) is 3.15. The Hall–Kier alpha value is -3.54. The second-order valence-corrected chi connectivity index (χ2v) is 8.35. The third kappa shape index (κ3) is 5.16. The third-order valence-electron chi connectivity index (χ3n) is 5.18. The molecule has 2 aromatic carbocycles. The Balaban J connectivity index is 1.64. The molecule has 0 bridgehead atoms. The number of carbonyl (C=O) groups is 1. The molecule has 2 N–H and O–H groups in total. The molecule has 1 amide bonds. The van der Waals surface area contributed by atoms with E-state index in [1.54, 1.807) is 18.3 Å². The highest BCUT2D eigenvalue weighted by Crippen LogP contribution is 2.35. The molecule has 11 heteroatoms. The van der Waals surface area contributed by atoms with E-state index in [0.29, 0.717) is 9.88 Å². The summed E-state index contributed by atoms with van der Waals surface area (Å²) in [4.78, 5) is 19.6. The molecule has 2 heterocycles. The van der Waals surface area contributed by atoms with Crippen molar-refractivity contribution in [3.8, 4) is 21.0 Å². The number of hydrogen-bond acceptors (Lipinski definition) is 7. The molecular formula is C23H21F2N5O3S. The summed E-state index contributed by atoms with van der Waals surface area (Å²) in [6.07, 6.45) is 3.80. The highest BCUT2D eigenvalue weighted by molar-refractivity contribution is 7.18. The van der Waals surface area contributed by atoms with Crippen molar-refractivity contribution < 1.29 is 23.4 Å². The Bertz CT molecular complexity index is 1240. The summed E-state index contributed by atoms with van der Waals surface area (Å²) < 4.78 is 33.5. The number of aliphatic hydroxyl groups is 1. The van der Waals surface area contributed by atoms with Crippen molar-refractivity contribution in [1.82, 2.24) is 25.3 Å². The number of ether oxygens (including phenoxy) is 1. The molecule has 0 saturated heterocycles. The maximum Gasteiger partial charge on any atom is 0.252 e. The van der Waals surface area contributed by atoms with Crippen LogP contribution in [0.4, 0.5) is 8.78 Å². The van der Waals surface area contributed by atoms with Gasteiger partial charge in [-0.1, -0.05) is 18.2 Å². The first-order chi connectivity index (χ1) is 16.5. The van der Waals surface area contributed by atoms with Gasteiger partial charge in [0.1, 0.15) is 22.7 Å². The minimum Gasteiger partial charge on any atom is -0.394 e. The molecule has 0 aliphatic carbocycles. The monoisotopic (exact) mass is 485 g/mol. The van der Waals surface area contributed by atoms with E-state index in [1.807, 2.05) is 0 Å². The second-order valence-electron chi connectivity index (χ2n) is 7.32. The third-order valence-corrected chi connectivity index (χ3v) is 6.24. The standard InChI is InChI=1S/C23H21F2N5O3S/c1-33-19(13-31)18(12-30-27-9-10-28-30)29-22(32)16-3-2-4-17(25)21(16)23-26-11-20(34-23)14-5-7-15(24)8-6-14/h2-11,18-19,31H,12-13H2,1H3,(H,29,32)/t18-,19-/m1/s1. The van der Waals surface area contributed by atoms with Gasteiger partial charge in [-0.05, 0) is 29.8 Å². The number of hydrogen-bond donors (Lipinski definition) is 2. The van der Waals surface area contributed by atoms with E-state index in [4.69, 9.17) is 4.74 Å². The van der Waals surface area contributed by atoms with Gasteiger partial charge in [-0.2, -0.15) is 15.0 Å². The van der Waals surface area contributed by atoms with Crippen molar-refractivity contribution in [1.29, 1.82) is 0 Å². The summed E-state index contributed by atoms with van der Waals surface area (Å²) in [6.45, 7) is -0.222. The van der Waals surface area contributed by atoms with Crippen LogP contribution < -0.4 is 5.32 Å². The van der Waals surface area contributed by atoms with Crippen LogP contribution in [0.25, 0.3) is 21.0 Å². The van der Waals surface area contributed by atoms with Crippen LogP contribution >= 0.6 is 11.3 Å². The van der Waals surface area contributed by atoms with E-state index >= 15 is 0 Å². The van der Waals surface area contributed by atoms with Crippen molar-refractivity contribution in [3.63, 3.8) is 0 Å². The van der Waals surface area contributed by atoms with E-state index < -0.39 is 23.9 Å². The lowest BCUT2D eigenvalue weighted by Crippen LogP contribution is -2.48. The topological polar surface area (TPSA) is 102 Å². The van der Waals surface area contributed by atoms with Crippen molar-refractivity contribution in [2.75, 3.05) is 13.7 Å². The van der Waals surface area contributed by atoms with Gasteiger partial charge in [-0.25, -0.2) is 13.8 Å². The lowest BCUT2D eigenvalue weighted by molar-refractivity contribution is 0.0157. The SMILES string of the molecule is CO[C@H](CO)[C@@H](Cn1nccn1)NC(=O)c1cccc(F)c1-c1ncc(-c2ccc(F)cc2)s1. The molecule has 0 unspecified atom stereocenters. The number of amides is 1. The molecule has 2 aromatic heterocycles. The fourth-order valence-electron chi connectivity index (χ4n) is 3.45. The molecule has 4 rings (SSSR count). The molecule has 0 fully saturated rings. The fraction of sp³-hybridized carbons (Fsp3) is 0.217. The molecule has 0 spiro atoms. The van der Waals surface area contributed by atoms with Crippen molar-refractivity contribution in [2.24, 2.45) is 0 Å². The average molecular weight is 486 g/mol. The first kappa shape index (κ1) is 23.6. The van der Waals surface area contributed by atoms with Crippen molar-refractivity contribution in [3.05, 3.63) is 78.3 Å². The highest BCUT2D eigenvalue weighted by Gasteiger charge is 2.27. The van der Waals surface area contributed by atoms with E-state index in [0.717, 1.165) is 5.56 Å². The molecule has 8 nitrogen and oxygen atoms in total. The number of aliphatic hydroxyl groups excluding tert-OH is 1. The van der Waals surface area contributed by atoms with Crippen LogP contribution in [-0.2, 0) is 11.3 Å². The average Bonchev–Trinajstić information content (AvgIpc) is 3.52. The molecule has 176 valence electrons. The quantitative estimate of drug-likeness (QED) is 0.378. The Kier molecular flexibility index (Phi) is 7.36. The summed E-state index contributed by atoms with van der Waals surface area (Å²) in [5, 5.41) is 20.9. The first-order valence-electron chi connectivity index (χ1n) is 10.3. The number of carbonyl (C=O) groups excluding carboxylic acids is 1. The molecule has 0 radical (unpaired) electrons. The molecule has 34 heavy (non-hydrogen) atoms. The van der Waals surface area contributed by atoms with Gasteiger partial charge >= 0.3 is 0 Å². The summed E-state index contributed by atoms with van der Waals surface area (Å²) in [5.41, 5.74) is 0.851. The summed E-state index contributed by atoms with van der Waals surface area (Å²) in [6, 6.07) is 9.37. The van der Waals surface area contributed by atoms with Crippen molar-refractivity contribution in [2.45, 2.75) is 18.7 Å². The van der Waals surface area contributed by atoms with Gasteiger partial charge < -0.3 is 15.2 Å². The molecule has 0 saturated carbocycles. The molecule has 2 atom stereocenters. The van der Waals surface area contributed by atoms with Gasteiger partial charge in [0, 0.05) is 13.3 Å². The van der Waals surface area contributed by atoms with Crippen LogP contribution in [0.5, 0.6) is 0 Å². The Labute approximate surface area is 197 Å². The maximum atomic E-state index is 14.9. The van der Waals surface area contributed by atoms with E-state index in [2.05, 4.69) is 20.5 Å². The van der Waals surface area contributed by atoms with Gasteiger partial charge in [0.2, 0.25) is 0 Å². The van der Waals surface area contributed by atoms with Crippen LogP contribution in [0, 0.1) is 11.6 Å². The summed E-state index contributed by atoms with van der Waals surface area (Å²) >= 11 is 1.19. The Morgan fingerprint density at radius 1 is 1.18 bits per heavy atom. The van der Waals surface area contributed by atoms with Crippen LogP contribution in [-0.4, -0.2) is 56.9 Å². The van der Waals surface area contributed by atoms with E-state index in [-0.39, 0.29) is 30.1 Å². The van der Waals surface area contributed by atoms with Gasteiger partial charge in [0.15, 0.2) is 0 Å². The zero-order valence-corrected chi connectivity index (χ0v) is 18.9. The molecule has 0 aliphatic heterocycles. The van der Waals surface area contributed by atoms with Gasteiger partial charge in [-0.15, -0.1) is 11.3 Å². The van der Waals surface area contributed by atoms with Gasteiger partial charge in [0.05, 0.1) is 47.6 Å². The number of methoxy groups -OCH3 is 1. The number of halogens is 2. The van der Waals surface area contributed by atoms with Crippen LogP contribution in [0.1, 0.15) is 10.4 Å². The van der Waals surface area contributed by atoms with Gasteiger partial charge in [0.25, 0.3) is 5.91 Å². The van der Waals surface area contributed by atoms with Crippen molar-refractivity contribution >= 4 is 17.2 Å². The summed E-state index contributed by atoms with van der Waals surface area (Å²) in [5.74, 6) is -1.54. The summed E-state index contributed by atoms with van der Waals surface area (Å²) in [7, 11) is 1.41. The predicted molar refractivity (Wildman–Crippen MR) is 122 cm³/mol. The zero-order valence-electron chi connectivity index (χ0n) is 18.1. The fourth-order valence-corrected chi connectivity index (χ4v) is 4.43. The second kappa shape index (κ2) is 10.6. The number of benzene rings is 2. The minimum absolute atomic E-state index is 0.0484. The Morgan fingerprint density at radius 2 is 1.91 bits per heavy atom. The lowest BCUT2D eigenvalue weighted by Gasteiger charge is -2.25. The Morgan fingerprint density at radius 3 is 2.59 bits per heavy atom. The van der Waals surface area contributed by atoms with E-state index in [9.17, 15) is 18.7 Å². The number of nitrogens with zero attached hydrogens (tertiary/aromatic N) is 4. The normalized spacial score (nSPS) is 12.9.